The highest BCUT2D eigenvalue weighted by atomic mass is 79.9. The first-order valence-electron chi connectivity index (χ1n) is 8.52. The van der Waals surface area contributed by atoms with Gasteiger partial charge in [0.25, 0.3) is 5.91 Å². The number of hydrogen-bond donors (Lipinski definition) is 0. The molecule has 0 spiro atoms. The number of hydrogen-bond acceptors (Lipinski definition) is 5. The van der Waals surface area contributed by atoms with E-state index in [-0.39, 0.29) is 17.8 Å². The van der Waals surface area contributed by atoms with Gasteiger partial charge in [0.1, 0.15) is 0 Å². The van der Waals surface area contributed by atoms with Gasteiger partial charge in [-0.25, -0.2) is 0 Å². The zero-order valence-electron chi connectivity index (χ0n) is 14.1. The van der Waals surface area contributed by atoms with E-state index in [1.54, 1.807) is 11.8 Å². The van der Waals surface area contributed by atoms with Crippen LogP contribution in [0.1, 0.15) is 31.7 Å². The van der Waals surface area contributed by atoms with Gasteiger partial charge in [-0.2, -0.15) is 0 Å². The number of piperidine rings is 1. The minimum atomic E-state index is -0.576. The smallest absolute Gasteiger partial charge is 0.309 e. The molecule has 6 nitrogen and oxygen atoms in total. The molecule has 0 aliphatic carbocycles. The molecule has 1 aromatic rings. The zero-order chi connectivity index (χ0) is 17.8. The van der Waals surface area contributed by atoms with Crippen LogP contribution in [0.2, 0.25) is 0 Å². The van der Waals surface area contributed by atoms with Crippen molar-refractivity contribution in [2.75, 3.05) is 19.7 Å². The van der Waals surface area contributed by atoms with Crippen molar-refractivity contribution in [1.29, 1.82) is 0 Å². The van der Waals surface area contributed by atoms with E-state index in [1.165, 1.54) is 0 Å². The maximum absolute atomic E-state index is 12.6. The number of nitrogens with zero attached hydrogens (tertiary/aromatic N) is 2. The Kier molecular flexibility index (Phi) is 5.73. The third-order valence-electron chi connectivity index (χ3n) is 4.53. The Balaban J connectivity index is 1.53. The van der Waals surface area contributed by atoms with Crippen molar-refractivity contribution in [3.8, 4) is 0 Å². The number of likely N-dealkylation sites (tertiary alicyclic amines) is 1. The van der Waals surface area contributed by atoms with Crippen LogP contribution >= 0.6 is 15.9 Å². The Morgan fingerprint density at radius 3 is 2.80 bits per heavy atom. The van der Waals surface area contributed by atoms with Crippen LogP contribution in [0.25, 0.3) is 0 Å². The number of esters is 1. The molecule has 1 atom stereocenters. The van der Waals surface area contributed by atoms with Gasteiger partial charge in [-0.15, -0.1) is 0 Å². The van der Waals surface area contributed by atoms with Gasteiger partial charge in [-0.1, -0.05) is 33.2 Å². The summed E-state index contributed by atoms with van der Waals surface area (Å²) in [6.45, 7) is 3.29. The van der Waals surface area contributed by atoms with Gasteiger partial charge in [0.2, 0.25) is 6.10 Å². The number of rotatable bonds is 4. The number of ether oxygens (including phenoxy) is 1. The standard InChI is InChI=1S/C18H21BrN2O4/c1-2-24-18(23)12-6-8-21(9-7-12)17(22)16-11-15(20-25-16)13-4-3-5-14(19)10-13/h3-5,10,12,16H,2,6-9,11H2,1H3/t16-/m1/s1. The summed E-state index contributed by atoms with van der Waals surface area (Å²) in [7, 11) is 0. The first-order chi connectivity index (χ1) is 12.1. The zero-order valence-corrected chi connectivity index (χ0v) is 15.7. The molecule has 0 bridgehead atoms. The quantitative estimate of drug-likeness (QED) is 0.718. The van der Waals surface area contributed by atoms with Crippen LogP contribution in [-0.2, 0) is 19.2 Å². The topological polar surface area (TPSA) is 68.2 Å². The maximum atomic E-state index is 12.6. The molecule has 1 saturated heterocycles. The molecule has 0 unspecified atom stereocenters. The second kappa shape index (κ2) is 7.99. The van der Waals surface area contributed by atoms with Crippen molar-refractivity contribution < 1.29 is 19.2 Å². The Morgan fingerprint density at radius 2 is 2.12 bits per heavy atom. The van der Waals surface area contributed by atoms with Crippen LogP contribution in [0.5, 0.6) is 0 Å². The van der Waals surface area contributed by atoms with Gasteiger partial charge in [0.05, 0.1) is 18.2 Å². The predicted octanol–water partition coefficient (Wildman–Crippen LogP) is 2.74. The highest BCUT2D eigenvalue weighted by molar-refractivity contribution is 9.10. The molecule has 25 heavy (non-hydrogen) atoms. The van der Waals surface area contributed by atoms with Crippen molar-refractivity contribution >= 4 is 33.5 Å². The Hall–Kier alpha value is -1.89. The van der Waals surface area contributed by atoms with Gasteiger partial charge >= 0.3 is 5.97 Å². The lowest BCUT2D eigenvalue weighted by molar-refractivity contribution is -0.153. The number of carbonyl (C=O) groups is 2. The van der Waals surface area contributed by atoms with Crippen molar-refractivity contribution in [3.63, 3.8) is 0 Å². The molecule has 134 valence electrons. The summed E-state index contributed by atoms with van der Waals surface area (Å²) in [4.78, 5) is 31.6. The summed E-state index contributed by atoms with van der Waals surface area (Å²) in [5, 5.41) is 4.09. The second-order valence-electron chi connectivity index (χ2n) is 6.20. The molecular formula is C18H21BrN2O4. The molecule has 1 aromatic carbocycles. The Morgan fingerprint density at radius 1 is 1.36 bits per heavy atom. The summed E-state index contributed by atoms with van der Waals surface area (Å²) >= 11 is 3.44. The number of carbonyl (C=O) groups excluding carboxylic acids is 2. The molecule has 0 N–H and O–H groups in total. The Labute approximate surface area is 155 Å². The van der Waals surface area contributed by atoms with Crippen LogP contribution in [0.4, 0.5) is 0 Å². The second-order valence-corrected chi connectivity index (χ2v) is 7.11. The third-order valence-corrected chi connectivity index (χ3v) is 5.02. The molecule has 2 aliphatic rings. The molecule has 3 rings (SSSR count). The van der Waals surface area contributed by atoms with E-state index in [0.717, 1.165) is 15.7 Å². The van der Waals surface area contributed by atoms with Crippen LogP contribution in [0.3, 0.4) is 0 Å². The molecule has 1 amide bonds. The van der Waals surface area contributed by atoms with Gasteiger partial charge in [-0.05, 0) is 31.9 Å². The summed E-state index contributed by atoms with van der Waals surface area (Å²) in [6.07, 6.45) is 1.16. The van der Waals surface area contributed by atoms with E-state index in [0.29, 0.717) is 39.0 Å². The Bertz CT molecular complexity index is 683. The summed E-state index contributed by atoms with van der Waals surface area (Å²) in [5.41, 5.74) is 1.73. The van der Waals surface area contributed by atoms with Crippen LogP contribution in [0.15, 0.2) is 33.9 Å². The van der Waals surface area contributed by atoms with Gasteiger partial charge in [0, 0.05) is 29.5 Å². The van der Waals surface area contributed by atoms with Crippen molar-refractivity contribution in [1.82, 2.24) is 4.90 Å². The monoisotopic (exact) mass is 408 g/mol. The van der Waals surface area contributed by atoms with Crippen LogP contribution in [-0.4, -0.2) is 48.3 Å². The van der Waals surface area contributed by atoms with E-state index in [4.69, 9.17) is 9.57 Å². The van der Waals surface area contributed by atoms with Gasteiger partial charge in [0.15, 0.2) is 0 Å². The van der Waals surface area contributed by atoms with Gasteiger partial charge in [-0.3, -0.25) is 9.59 Å². The van der Waals surface area contributed by atoms with E-state index in [9.17, 15) is 9.59 Å². The highest BCUT2D eigenvalue weighted by Crippen LogP contribution is 2.24. The lowest BCUT2D eigenvalue weighted by Crippen LogP contribution is -2.45. The first kappa shape index (κ1) is 17.9. The summed E-state index contributed by atoms with van der Waals surface area (Å²) < 4.78 is 6.02. The molecule has 0 radical (unpaired) electrons. The lowest BCUT2D eigenvalue weighted by Gasteiger charge is -2.31. The van der Waals surface area contributed by atoms with Gasteiger partial charge < -0.3 is 14.5 Å². The minimum Gasteiger partial charge on any atom is -0.466 e. The fraction of sp³-hybridized carbons (Fsp3) is 0.500. The van der Waals surface area contributed by atoms with Crippen molar-refractivity contribution in [2.45, 2.75) is 32.3 Å². The summed E-state index contributed by atoms with van der Waals surface area (Å²) in [6, 6.07) is 7.78. The molecule has 2 heterocycles. The van der Waals surface area contributed by atoms with Crippen molar-refractivity contribution in [2.24, 2.45) is 11.1 Å². The van der Waals surface area contributed by atoms with E-state index >= 15 is 0 Å². The number of halogens is 1. The SMILES string of the molecule is CCOC(=O)C1CCN(C(=O)[C@H]2CC(c3cccc(Br)c3)=NO2)CC1. The molecule has 2 aliphatic heterocycles. The van der Waals surface area contributed by atoms with E-state index in [2.05, 4.69) is 21.1 Å². The maximum Gasteiger partial charge on any atom is 0.309 e. The molecule has 1 fully saturated rings. The molecule has 0 saturated carbocycles. The highest BCUT2D eigenvalue weighted by Gasteiger charge is 2.35. The largest absolute Gasteiger partial charge is 0.466 e. The fourth-order valence-corrected chi connectivity index (χ4v) is 3.55. The van der Waals surface area contributed by atoms with E-state index < -0.39 is 6.10 Å². The van der Waals surface area contributed by atoms with Crippen LogP contribution < -0.4 is 0 Å². The van der Waals surface area contributed by atoms with E-state index in [1.807, 2.05) is 24.3 Å². The average molecular weight is 409 g/mol. The van der Waals surface area contributed by atoms with Crippen molar-refractivity contribution in [3.05, 3.63) is 34.3 Å². The minimum absolute atomic E-state index is 0.0592. The number of benzene rings is 1. The third kappa shape index (κ3) is 4.21. The predicted molar refractivity (Wildman–Crippen MR) is 96.1 cm³/mol. The number of oxime groups is 1. The lowest BCUT2D eigenvalue weighted by atomic mass is 9.96. The fourth-order valence-electron chi connectivity index (χ4n) is 3.15. The summed E-state index contributed by atoms with van der Waals surface area (Å²) in [5.74, 6) is -0.329. The average Bonchev–Trinajstić information content (AvgIpc) is 3.11. The molecular weight excluding hydrogens is 388 g/mol. The van der Waals surface area contributed by atoms with Crippen LogP contribution in [0, 0.1) is 5.92 Å². The first-order valence-corrected chi connectivity index (χ1v) is 9.32. The molecule has 0 aromatic heterocycles. The molecule has 7 heteroatoms. The normalized spacial score (nSPS) is 20.8. The number of amides is 1.